The third-order valence-electron chi connectivity index (χ3n) is 4.69. The minimum absolute atomic E-state index is 0.110. The van der Waals surface area contributed by atoms with Crippen molar-refractivity contribution < 1.29 is 19.2 Å². The predicted molar refractivity (Wildman–Crippen MR) is 106 cm³/mol. The molecule has 0 radical (unpaired) electrons. The molecule has 0 bridgehead atoms. The Bertz CT molecular complexity index is 749. The van der Waals surface area contributed by atoms with Crippen molar-refractivity contribution in [3.05, 3.63) is 33.9 Å². The number of benzene rings is 1. The summed E-state index contributed by atoms with van der Waals surface area (Å²) in [5.41, 5.74) is 0.0665. The highest BCUT2D eigenvalue weighted by atomic mass is 16.6. The van der Waals surface area contributed by atoms with Gasteiger partial charge in [0.15, 0.2) is 6.10 Å². The number of esters is 1. The zero-order chi connectivity index (χ0) is 21.1. The first-order valence-electron chi connectivity index (χ1n) is 9.54. The Labute approximate surface area is 165 Å². The molecule has 0 spiro atoms. The summed E-state index contributed by atoms with van der Waals surface area (Å²) in [6.07, 6.45) is 0.950. The number of rotatable bonds is 5. The topological polar surface area (TPSA) is 102 Å². The van der Waals surface area contributed by atoms with Crippen LogP contribution >= 0.6 is 0 Å². The lowest BCUT2D eigenvalue weighted by molar-refractivity contribution is -0.384. The number of anilines is 1. The number of amides is 1. The van der Waals surface area contributed by atoms with Crippen LogP contribution in [0, 0.1) is 16.0 Å². The van der Waals surface area contributed by atoms with E-state index in [1.165, 1.54) is 19.1 Å². The molecule has 1 saturated heterocycles. The maximum atomic E-state index is 12.8. The maximum absolute atomic E-state index is 12.8. The molecular formula is C20H29N3O5. The molecule has 154 valence electrons. The average molecular weight is 391 g/mol. The second kappa shape index (κ2) is 8.58. The minimum atomic E-state index is -1.01. The van der Waals surface area contributed by atoms with Crippen LogP contribution in [0.4, 0.5) is 11.4 Å². The smallest absolute Gasteiger partial charge is 0.341 e. The Hall–Kier alpha value is -2.64. The van der Waals surface area contributed by atoms with Crippen LogP contribution in [0.25, 0.3) is 0 Å². The van der Waals surface area contributed by atoms with Gasteiger partial charge in [0.1, 0.15) is 0 Å². The quantitative estimate of drug-likeness (QED) is 0.469. The molecule has 0 aliphatic carbocycles. The molecule has 8 nitrogen and oxygen atoms in total. The molecule has 28 heavy (non-hydrogen) atoms. The molecule has 0 saturated carbocycles. The van der Waals surface area contributed by atoms with Crippen LogP contribution in [0.3, 0.4) is 0 Å². The zero-order valence-electron chi connectivity index (χ0n) is 17.2. The molecule has 1 N–H and O–H groups in total. The van der Waals surface area contributed by atoms with Crippen molar-refractivity contribution in [3.8, 4) is 0 Å². The van der Waals surface area contributed by atoms with E-state index in [9.17, 15) is 19.7 Å². The number of ether oxygens (including phenoxy) is 1. The first kappa shape index (κ1) is 21.7. The van der Waals surface area contributed by atoms with Gasteiger partial charge < -0.3 is 15.0 Å². The Morgan fingerprint density at radius 3 is 2.43 bits per heavy atom. The lowest BCUT2D eigenvalue weighted by Crippen LogP contribution is -2.46. The van der Waals surface area contributed by atoms with Crippen LogP contribution < -0.4 is 10.2 Å². The van der Waals surface area contributed by atoms with Crippen molar-refractivity contribution in [3.63, 3.8) is 0 Å². The van der Waals surface area contributed by atoms with Gasteiger partial charge in [0.05, 0.1) is 16.2 Å². The second-order valence-electron chi connectivity index (χ2n) is 8.41. The van der Waals surface area contributed by atoms with Gasteiger partial charge in [-0.3, -0.25) is 14.9 Å². The van der Waals surface area contributed by atoms with Gasteiger partial charge in [-0.1, -0.05) is 6.92 Å². The number of piperidine rings is 1. The highest BCUT2D eigenvalue weighted by Crippen LogP contribution is 2.30. The molecule has 0 unspecified atom stereocenters. The Morgan fingerprint density at radius 2 is 1.89 bits per heavy atom. The SMILES string of the molecule is CC1CCN(c2ccc([N+](=O)[O-])cc2C(=O)O[C@@H](C)C(=O)NC(C)(C)C)CC1. The van der Waals surface area contributed by atoms with Crippen molar-refractivity contribution in [2.75, 3.05) is 18.0 Å². The number of carbonyl (C=O) groups excluding carboxylic acids is 2. The van der Waals surface area contributed by atoms with Crippen LogP contribution in [-0.2, 0) is 9.53 Å². The highest BCUT2D eigenvalue weighted by molar-refractivity contribution is 5.98. The summed E-state index contributed by atoms with van der Waals surface area (Å²) >= 11 is 0. The number of nitrogens with zero attached hydrogens (tertiary/aromatic N) is 2. The fourth-order valence-electron chi connectivity index (χ4n) is 3.08. The van der Waals surface area contributed by atoms with Crippen molar-refractivity contribution in [1.82, 2.24) is 5.32 Å². The number of hydrogen-bond acceptors (Lipinski definition) is 6. The van der Waals surface area contributed by atoms with E-state index in [0.29, 0.717) is 11.6 Å². The summed E-state index contributed by atoms with van der Waals surface area (Å²) < 4.78 is 5.33. The first-order chi connectivity index (χ1) is 13.0. The molecule has 1 aromatic carbocycles. The van der Waals surface area contributed by atoms with E-state index >= 15 is 0 Å². The number of carbonyl (C=O) groups is 2. The number of nitro groups is 1. The van der Waals surface area contributed by atoms with Gasteiger partial charge in [0, 0.05) is 30.8 Å². The highest BCUT2D eigenvalue weighted by Gasteiger charge is 2.27. The summed E-state index contributed by atoms with van der Waals surface area (Å²) in [7, 11) is 0. The summed E-state index contributed by atoms with van der Waals surface area (Å²) in [6.45, 7) is 10.7. The van der Waals surface area contributed by atoms with Gasteiger partial charge in [-0.05, 0) is 52.5 Å². The average Bonchev–Trinajstić information content (AvgIpc) is 2.60. The Kier molecular flexibility index (Phi) is 6.64. The van der Waals surface area contributed by atoms with Crippen LogP contribution in [0.5, 0.6) is 0 Å². The van der Waals surface area contributed by atoms with E-state index in [4.69, 9.17) is 4.74 Å². The monoisotopic (exact) mass is 391 g/mol. The largest absolute Gasteiger partial charge is 0.449 e. The van der Waals surface area contributed by atoms with Crippen LogP contribution in [0.2, 0.25) is 0 Å². The number of hydrogen-bond donors (Lipinski definition) is 1. The Morgan fingerprint density at radius 1 is 1.29 bits per heavy atom. The van der Waals surface area contributed by atoms with Gasteiger partial charge in [0.2, 0.25) is 0 Å². The third kappa shape index (κ3) is 5.68. The lowest BCUT2D eigenvalue weighted by atomic mass is 9.98. The molecule has 1 aromatic rings. The number of nitro benzene ring substituents is 1. The number of nitrogens with one attached hydrogen (secondary N) is 1. The zero-order valence-corrected chi connectivity index (χ0v) is 17.2. The molecule has 1 aliphatic rings. The van der Waals surface area contributed by atoms with Crippen LogP contribution in [-0.4, -0.2) is 41.5 Å². The lowest BCUT2D eigenvalue weighted by Gasteiger charge is -2.33. The van der Waals surface area contributed by atoms with E-state index in [1.54, 1.807) is 6.07 Å². The fraction of sp³-hybridized carbons (Fsp3) is 0.600. The number of non-ortho nitro benzene ring substituents is 1. The molecular weight excluding hydrogens is 362 g/mol. The fourth-order valence-corrected chi connectivity index (χ4v) is 3.08. The van der Waals surface area contributed by atoms with Crippen molar-refractivity contribution in [1.29, 1.82) is 0 Å². The molecule has 0 aromatic heterocycles. The molecule has 1 heterocycles. The molecule has 1 atom stereocenters. The van der Waals surface area contributed by atoms with Crippen molar-refractivity contribution in [2.24, 2.45) is 5.92 Å². The van der Waals surface area contributed by atoms with Crippen molar-refractivity contribution in [2.45, 2.75) is 59.1 Å². The first-order valence-corrected chi connectivity index (χ1v) is 9.54. The molecule has 1 fully saturated rings. The maximum Gasteiger partial charge on any atom is 0.341 e. The summed E-state index contributed by atoms with van der Waals surface area (Å²) in [4.78, 5) is 37.7. The van der Waals surface area contributed by atoms with E-state index in [1.807, 2.05) is 25.7 Å². The van der Waals surface area contributed by atoms with Gasteiger partial charge in [-0.2, -0.15) is 0 Å². The van der Waals surface area contributed by atoms with Gasteiger partial charge in [-0.25, -0.2) is 4.79 Å². The van der Waals surface area contributed by atoms with E-state index < -0.39 is 28.4 Å². The van der Waals surface area contributed by atoms with Crippen LogP contribution in [0.1, 0.15) is 57.8 Å². The van der Waals surface area contributed by atoms with Gasteiger partial charge in [-0.15, -0.1) is 0 Å². The summed E-state index contributed by atoms with van der Waals surface area (Å²) in [6, 6.07) is 4.20. The van der Waals surface area contributed by atoms with Crippen molar-refractivity contribution >= 4 is 23.3 Å². The molecule has 8 heteroatoms. The second-order valence-corrected chi connectivity index (χ2v) is 8.41. The predicted octanol–water partition coefficient (Wildman–Crippen LogP) is 3.29. The standard InChI is InChI=1S/C20H29N3O5/c1-13-8-10-22(11-9-13)17-7-6-15(23(26)27)12-16(17)19(25)28-14(2)18(24)21-20(3,4)5/h6-7,12-14H,8-11H2,1-5H3,(H,21,24)/t14-/m0/s1. The normalized spacial score (nSPS) is 16.4. The minimum Gasteiger partial charge on any atom is -0.449 e. The molecule has 2 rings (SSSR count). The molecule has 1 amide bonds. The summed E-state index contributed by atoms with van der Waals surface area (Å²) in [5.74, 6) is -0.556. The van der Waals surface area contributed by atoms with E-state index in [0.717, 1.165) is 25.9 Å². The van der Waals surface area contributed by atoms with Gasteiger partial charge in [0.25, 0.3) is 11.6 Å². The van der Waals surface area contributed by atoms with E-state index in [-0.39, 0.29) is 11.3 Å². The van der Waals surface area contributed by atoms with Crippen LogP contribution in [0.15, 0.2) is 18.2 Å². The van der Waals surface area contributed by atoms with Gasteiger partial charge >= 0.3 is 5.97 Å². The molecule has 1 aliphatic heterocycles. The van der Waals surface area contributed by atoms with E-state index in [2.05, 4.69) is 12.2 Å². The summed E-state index contributed by atoms with van der Waals surface area (Å²) in [5, 5.41) is 13.9. The Balaban J connectivity index is 2.25. The third-order valence-corrected chi connectivity index (χ3v) is 4.69.